The molecule has 126 valence electrons. The monoisotopic (exact) mass is 323 g/mol. The lowest BCUT2D eigenvalue weighted by atomic mass is 10.4. The summed E-state index contributed by atoms with van der Waals surface area (Å²) < 4.78 is 9.48. The van der Waals surface area contributed by atoms with Crippen molar-refractivity contribution < 1.29 is 9.84 Å². The minimum Gasteiger partial charge on any atom is -0.392 e. The Hall–Kier alpha value is -2.13. The van der Waals surface area contributed by atoms with E-state index in [0.29, 0.717) is 43.4 Å². The lowest BCUT2D eigenvalue weighted by Gasteiger charge is -2.28. The van der Waals surface area contributed by atoms with Crippen LogP contribution in [0.15, 0.2) is 9.59 Å². The van der Waals surface area contributed by atoms with Gasteiger partial charge in [0.05, 0.1) is 25.9 Å². The van der Waals surface area contributed by atoms with Crippen LogP contribution in [0.25, 0.3) is 11.2 Å². The largest absolute Gasteiger partial charge is 0.392 e. The Labute approximate surface area is 132 Å². The number of imidazole rings is 1. The summed E-state index contributed by atoms with van der Waals surface area (Å²) in [6, 6.07) is 0. The Morgan fingerprint density at radius 2 is 1.87 bits per heavy atom. The molecule has 1 aliphatic rings. The van der Waals surface area contributed by atoms with Crippen molar-refractivity contribution in [2.75, 3.05) is 31.2 Å². The molecular formula is C14H21N5O4. The van der Waals surface area contributed by atoms with Crippen LogP contribution in [0.3, 0.4) is 0 Å². The first kappa shape index (κ1) is 15.8. The van der Waals surface area contributed by atoms with Gasteiger partial charge >= 0.3 is 5.69 Å². The number of aryl methyl sites for hydroxylation is 1. The molecule has 9 nitrogen and oxygen atoms in total. The molecule has 3 heterocycles. The third kappa shape index (κ3) is 2.55. The maximum atomic E-state index is 12.6. The van der Waals surface area contributed by atoms with E-state index in [1.807, 2.05) is 4.90 Å². The van der Waals surface area contributed by atoms with Gasteiger partial charge in [0, 0.05) is 27.2 Å². The van der Waals surface area contributed by atoms with Crippen LogP contribution >= 0.6 is 0 Å². The molecule has 1 fully saturated rings. The highest BCUT2D eigenvalue weighted by molar-refractivity contribution is 5.74. The number of anilines is 1. The smallest absolute Gasteiger partial charge is 0.332 e. The standard InChI is InChI=1S/C14H21N5O4/c1-9(20)8-19-10-11(16(2)14(22)17(3)12(10)21)15-13(19)18-4-6-23-7-5-18/h9,20H,4-8H2,1-3H3. The van der Waals surface area contributed by atoms with Gasteiger partial charge in [-0.3, -0.25) is 13.9 Å². The fraction of sp³-hybridized carbons (Fsp3) is 0.643. The van der Waals surface area contributed by atoms with Gasteiger partial charge < -0.3 is 19.3 Å². The van der Waals surface area contributed by atoms with Gasteiger partial charge in [0.15, 0.2) is 11.2 Å². The van der Waals surface area contributed by atoms with Gasteiger partial charge in [-0.15, -0.1) is 0 Å². The van der Waals surface area contributed by atoms with E-state index in [-0.39, 0.29) is 6.54 Å². The number of hydrogen-bond donors (Lipinski definition) is 1. The average molecular weight is 323 g/mol. The number of nitrogens with zero attached hydrogens (tertiary/aromatic N) is 5. The lowest BCUT2D eigenvalue weighted by Crippen LogP contribution is -2.39. The van der Waals surface area contributed by atoms with Crippen LogP contribution in [-0.4, -0.2) is 56.2 Å². The van der Waals surface area contributed by atoms with E-state index < -0.39 is 17.4 Å². The first-order valence-electron chi connectivity index (χ1n) is 7.58. The Morgan fingerprint density at radius 1 is 1.22 bits per heavy atom. The van der Waals surface area contributed by atoms with Crippen molar-refractivity contribution >= 4 is 17.1 Å². The number of ether oxygens (including phenoxy) is 1. The van der Waals surface area contributed by atoms with Gasteiger partial charge in [0.25, 0.3) is 5.56 Å². The third-order valence-electron chi connectivity index (χ3n) is 4.07. The lowest BCUT2D eigenvalue weighted by molar-refractivity contribution is 0.121. The molecule has 0 amide bonds. The predicted molar refractivity (Wildman–Crippen MR) is 84.9 cm³/mol. The van der Waals surface area contributed by atoms with Crippen molar-refractivity contribution in [3.63, 3.8) is 0 Å². The SMILES string of the molecule is CC(O)Cn1c(N2CCOCC2)nc2c1c(=O)n(C)c(=O)n2C. The fourth-order valence-electron chi connectivity index (χ4n) is 2.88. The van der Waals surface area contributed by atoms with Gasteiger partial charge in [-0.1, -0.05) is 0 Å². The van der Waals surface area contributed by atoms with Crippen molar-refractivity contribution in [2.45, 2.75) is 19.6 Å². The number of aliphatic hydroxyl groups is 1. The second-order valence-electron chi connectivity index (χ2n) is 5.85. The number of aliphatic hydroxyl groups excluding tert-OH is 1. The number of morpholine rings is 1. The van der Waals surface area contributed by atoms with E-state index in [2.05, 4.69) is 4.98 Å². The molecule has 23 heavy (non-hydrogen) atoms. The number of rotatable bonds is 3. The molecular weight excluding hydrogens is 302 g/mol. The van der Waals surface area contributed by atoms with Crippen LogP contribution in [0.2, 0.25) is 0 Å². The van der Waals surface area contributed by atoms with Crippen LogP contribution in [0.1, 0.15) is 6.92 Å². The van der Waals surface area contributed by atoms with Crippen molar-refractivity contribution in [3.8, 4) is 0 Å². The minimum absolute atomic E-state index is 0.233. The van der Waals surface area contributed by atoms with Gasteiger partial charge in [-0.25, -0.2) is 4.79 Å². The van der Waals surface area contributed by atoms with Crippen LogP contribution in [0, 0.1) is 0 Å². The fourth-order valence-corrected chi connectivity index (χ4v) is 2.88. The van der Waals surface area contributed by atoms with E-state index >= 15 is 0 Å². The number of hydrogen-bond acceptors (Lipinski definition) is 6. The molecule has 0 aliphatic carbocycles. The highest BCUT2D eigenvalue weighted by Gasteiger charge is 2.24. The van der Waals surface area contributed by atoms with Crippen molar-refractivity contribution in [1.82, 2.24) is 18.7 Å². The summed E-state index contributed by atoms with van der Waals surface area (Å²) in [5.74, 6) is 0.586. The molecule has 1 saturated heterocycles. The zero-order valence-corrected chi connectivity index (χ0v) is 13.5. The Kier molecular flexibility index (Phi) is 3.99. The van der Waals surface area contributed by atoms with Crippen LogP contribution in [-0.2, 0) is 25.4 Å². The molecule has 0 bridgehead atoms. The van der Waals surface area contributed by atoms with Crippen molar-refractivity contribution in [1.29, 1.82) is 0 Å². The van der Waals surface area contributed by atoms with Crippen LogP contribution < -0.4 is 16.1 Å². The summed E-state index contributed by atoms with van der Waals surface area (Å²) >= 11 is 0. The van der Waals surface area contributed by atoms with E-state index in [4.69, 9.17) is 4.74 Å². The van der Waals surface area contributed by atoms with E-state index in [9.17, 15) is 14.7 Å². The molecule has 1 unspecified atom stereocenters. The summed E-state index contributed by atoms with van der Waals surface area (Å²) in [4.78, 5) is 31.2. The summed E-state index contributed by atoms with van der Waals surface area (Å²) in [6.45, 7) is 4.34. The second kappa shape index (κ2) is 5.82. The normalized spacial score (nSPS) is 17.0. The maximum absolute atomic E-state index is 12.6. The molecule has 0 spiro atoms. The van der Waals surface area contributed by atoms with E-state index in [0.717, 1.165) is 4.57 Å². The molecule has 0 radical (unpaired) electrons. The molecule has 1 aliphatic heterocycles. The summed E-state index contributed by atoms with van der Waals surface area (Å²) in [6.07, 6.45) is -0.644. The Morgan fingerprint density at radius 3 is 2.48 bits per heavy atom. The highest BCUT2D eigenvalue weighted by Crippen LogP contribution is 2.21. The van der Waals surface area contributed by atoms with Crippen LogP contribution in [0.4, 0.5) is 5.95 Å². The molecule has 2 aromatic rings. The molecule has 2 aromatic heterocycles. The van der Waals surface area contributed by atoms with Crippen molar-refractivity contribution in [3.05, 3.63) is 20.8 Å². The Bertz CT molecular complexity index is 841. The van der Waals surface area contributed by atoms with E-state index in [1.165, 1.54) is 11.6 Å². The van der Waals surface area contributed by atoms with Gasteiger partial charge in [0.2, 0.25) is 5.95 Å². The minimum atomic E-state index is -0.644. The van der Waals surface area contributed by atoms with Gasteiger partial charge in [0.1, 0.15) is 0 Å². The molecule has 0 saturated carbocycles. The molecule has 0 aromatic carbocycles. The van der Waals surface area contributed by atoms with Gasteiger partial charge in [-0.05, 0) is 6.92 Å². The summed E-state index contributed by atoms with van der Waals surface area (Å²) in [7, 11) is 3.03. The zero-order chi connectivity index (χ0) is 16.7. The second-order valence-corrected chi connectivity index (χ2v) is 5.85. The molecule has 3 rings (SSSR count). The van der Waals surface area contributed by atoms with Gasteiger partial charge in [-0.2, -0.15) is 4.98 Å². The first-order valence-corrected chi connectivity index (χ1v) is 7.58. The summed E-state index contributed by atoms with van der Waals surface area (Å²) in [5, 5.41) is 9.82. The van der Waals surface area contributed by atoms with Crippen molar-refractivity contribution in [2.24, 2.45) is 14.1 Å². The number of fused-ring (bicyclic) bond motifs is 1. The first-order chi connectivity index (χ1) is 10.9. The third-order valence-corrected chi connectivity index (χ3v) is 4.07. The highest BCUT2D eigenvalue weighted by atomic mass is 16.5. The average Bonchev–Trinajstić information content (AvgIpc) is 2.90. The van der Waals surface area contributed by atoms with Crippen LogP contribution in [0.5, 0.6) is 0 Å². The number of aromatic nitrogens is 4. The quantitative estimate of drug-likeness (QED) is 0.751. The molecule has 9 heteroatoms. The van der Waals surface area contributed by atoms with E-state index in [1.54, 1.807) is 18.5 Å². The zero-order valence-electron chi connectivity index (χ0n) is 13.5. The Balaban J connectivity index is 2.31. The summed E-state index contributed by atoms with van der Waals surface area (Å²) in [5.41, 5.74) is -0.161. The topological polar surface area (TPSA) is 94.5 Å². The predicted octanol–water partition coefficient (Wildman–Crippen LogP) is -1.35. The molecule has 1 atom stereocenters. The maximum Gasteiger partial charge on any atom is 0.332 e. The molecule has 1 N–H and O–H groups in total.